The normalized spacial score (nSPS) is 11.8. The number of hydrogen-bond acceptors (Lipinski definition) is 6. The summed E-state index contributed by atoms with van der Waals surface area (Å²) in [4.78, 5) is 8.67. The van der Waals surface area contributed by atoms with Crippen molar-refractivity contribution in [3.05, 3.63) is 23.3 Å². The average Bonchev–Trinajstić information content (AvgIpc) is 2.25. The first-order valence-corrected chi connectivity index (χ1v) is 8.89. The summed E-state index contributed by atoms with van der Waals surface area (Å²) < 4.78 is 10.4. The lowest BCUT2D eigenvalue weighted by Gasteiger charge is -2.15. The Hall–Kier alpha value is -0.000000000000000167. The van der Waals surface area contributed by atoms with Gasteiger partial charge in [-0.2, -0.15) is 0 Å². The molecule has 0 aliphatic rings. The summed E-state index contributed by atoms with van der Waals surface area (Å²) in [5.74, 6) is 1.38. The first-order valence-electron chi connectivity index (χ1n) is 4.66. The van der Waals surface area contributed by atoms with Crippen LogP contribution in [-0.4, -0.2) is 24.2 Å². The van der Waals surface area contributed by atoms with E-state index in [9.17, 15) is 0 Å². The van der Waals surface area contributed by atoms with E-state index in [0.717, 1.165) is 17.2 Å². The first-order chi connectivity index (χ1) is 7.49. The van der Waals surface area contributed by atoms with Crippen molar-refractivity contribution in [2.24, 2.45) is 0 Å². The van der Waals surface area contributed by atoms with Crippen LogP contribution in [-0.2, 0) is 26.6 Å². The van der Waals surface area contributed by atoms with Gasteiger partial charge in [-0.15, -0.1) is 0 Å². The standard InChI is InChI=1S/C9H15N2O2PS2/c1-7-5-8(2)11-9(10-7)6-16-14(15,12-3)13-4/h5H,6H2,1-4H3. The fourth-order valence-electron chi connectivity index (χ4n) is 1.18. The molecule has 0 saturated heterocycles. The highest BCUT2D eigenvalue weighted by Crippen LogP contribution is 2.60. The SMILES string of the molecule is COP(=S)(OC)SCc1nc(C)cc(C)n1. The molecule has 0 fully saturated rings. The maximum absolute atomic E-state index is 5.24. The largest absolute Gasteiger partial charge is 0.325 e. The van der Waals surface area contributed by atoms with Crippen molar-refractivity contribution < 1.29 is 9.05 Å². The van der Waals surface area contributed by atoms with Crippen molar-refractivity contribution in [2.75, 3.05) is 14.2 Å². The Morgan fingerprint density at radius 1 is 1.25 bits per heavy atom. The summed E-state index contributed by atoms with van der Waals surface area (Å²) in [6.07, 6.45) is 0. The number of aromatic nitrogens is 2. The highest BCUT2D eigenvalue weighted by molar-refractivity contribution is 8.67. The molecule has 1 heterocycles. The van der Waals surface area contributed by atoms with Crippen LogP contribution in [0.3, 0.4) is 0 Å². The monoisotopic (exact) mass is 278 g/mol. The van der Waals surface area contributed by atoms with Gasteiger partial charge in [0.25, 0.3) is 0 Å². The molecule has 1 aromatic rings. The molecule has 4 nitrogen and oxygen atoms in total. The van der Waals surface area contributed by atoms with Crippen LogP contribution >= 0.6 is 17.1 Å². The molecule has 7 heteroatoms. The Balaban J connectivity index is 2.71. The van der Waals surface area contributed by atoms with Gasteiger partial charge in [-0.05, 0) is 31.7 Å². The van der Waals surface area contributed by atoms with E-state index in [1.807, 2.05) is 19.9 Å². The number of hydrogen-bond donors (Lipinski definition) is 0. The maximum Gasteiger partial charge on any atom is 0.247 e. The minimum Gasteiger partial charge on any atom is -0.325 e. The smallest absolute Gasteiger partial charge is 0.247 e. The molecule has 0 unspecified atom stereocenters. The number of nitrogens with zero attached hydrogens (tertiary/aromatic N) is 2. The van der Waals surface area contributed by atoms with Crippen LogP contribution in [0.4, 0.5) is 0 Å². The van der Waals surface area contributed by atoms with Gasteiger partial charge in [-0.3, -0.25) is 0 Å². The van der Waals surface area contributed by atoms with Gasteiger partial charge in [-0.1, -0.05) is 11.4 Å². The predicted octanol–water partition coefficient (Wildman–Crippen LogP) is 2.84. The third-order valence-electron chi connectivity index (χ3n) is 1.83. The minimum absolute atomic E-state index is 0.613. The van der Waals surface area contributed by atoms with Gasteiger partial charge in [0.15, 0.2) is 0 Å². The van der Waals surface area contributed by atoms with Crippen LogP contribution in [0, 0.1) is 13.8 Å². The van der Waals surface area contributed by atoms with E-state index >= 15 is 0 Å². The van der Waals surface area contributed by atoms with Crippen LogP contribution in [0.25, 0.3) is 0 Å². The first kappa shape index (κ1) is 14.1. The molecule has 1 aromatic heterocycles. The summed E-state index contributed by atoms with van der Waals surface area (Å²) >= 11 is 6.69. The van der Waals surface area contributed by atoms with Gasteiger partial charge >= 0.3 is 0 Å². The Kier molecular flexibility index (Phi) is 5.34. The Morgan fingerprint density at radius 2 is 1.75 bits per heavy atom. The summed E-state index contributed by atoms with van der Waals surface area (Å²) in [5.41, 5.74) is -0.279. The maximum atomic E-state index is 5.24. The molecule has 0 aliphatic carbocycles. The van der Waals surface area contributed by atoms with Gasteiger partial charge in [0.05, 0.1) is 5.75 Å². The molecule has 1 rings (SSSR count). The molecule has 0 N–H and O–H groups in total. The van der Waals surface area contributed by atoms with Crippen molar-refractivity contribution in [1.82, 2.24) is 9.97 Å². The molecular weight excluding hydrogens is 263 g/mol. The molecule has 0 bridgehead atoms. The molecule has 0 atom stereocenters. The van der Waals surface area contributed by atoms with Gasteiger partial charge < -0.3 is 9.05 Å². The zero-order chi connectivity index (χ0) is 12.2. The summed E-state index contributed by atoms with van der Waals surface area (Å²) in [6, 6.07) is 1.94. The molecule has 0 amide bonds. The lowest BCUT2D eigenvalue weighted by Crippen LogP contribution is -1.97. The van der Waals surface area contributed by atoms with Crippen molar-refractivity contribution in [1.29, 1.82) is 0 Å². The number of rotatable bonds is 5. The molecule has 0 radical (unpaired) electrons. The highest BCUT2D eigenvalue weighted by Gasteiger charge is 2.17. The minimum atomic E-state index is -2.21. The Morgan fingerprint density at radius 3 is 2.19 bits per heavy atom. The molecule has 0 aromatic carbocycles. The predicted molar refractivity (Wildman–Crippen MR) is 71.1 cm³/mol. The quantitative estimate of drug-likeness (QED) is 0.772. The van der Waals surface area contributed by atoms with E-state index in [1.54, 1.807) is 14.2 Å². The van der Waals surface area contributed by atoms with E-state index in [2.05, 4.69) is 9.97 Å². The van der Waals surface area contributed by atoms with E-state index in [-0.39, 0.29) is 0 Å². The molecule has 0 spiro atoms. The van der Waals surface area contributed by atoms with Gasteiger partial charge in [0.2, 0.25) is 5.69 Å². The van der Waals surface area contributed by atoms with Crippen LogP contribution in [0.5, 0.6) is 0 Å². The topological polar surface area (TPSA) is 44.2 Å². The van der Waals surface area contributed by atoms with Crippen LogP contribution in [0.15, 0.2) is 6.07 Å². The third-order valence-corrected chi connectivity index (χ3v) is 7.50. The van der Waals surface area contributed by atoms with Gasteiger partial charge in [-0.25, -0.2) is 9.97 Å². The second-order valence-corrected chi connectivity index (χ2v) is 9.68. The van der Waals surface area contributed by atoms with Gasteiger partial charge in [0.1, 0.15) is 5.82 Å². The summed E-state index contributed by atoms with van der Waals surface area (Å²) in [7, 11) is 3.14. The fourth-order valence-corrected chi connectivity index (χ4v) is 3.87. The molecule has 16 heavy (non-hydrogen) atoms. The average molecular weight is 278 g/mol. The van der Waals surface area contributed by atoms with Crippen LogP contribution in [0.1, 0.15) is 17.2 Å². The summed E-state index contributed by atoms with van der Waals surface area (Å²) in [5, 5.41) is 0. The molecule has 90 valence electrons. The lowest BCUT2D eigenvalue weighted by molar-refractivity contribution is 0.354. The van der Waals surface area contributed by atoms with Crippen molar-refractivity contribution in [3.63, 3.8) is 0 Å². The molecule has 0 aliphatic heterocycles. The Labute approximate surface area is 105 Å². The molecular formula is C9H15N2O2PS2. The zero-order valence-corrected chi connectivity index (χ0v) is 12.3. The van der Waals surface area contributed by atoms with E-state index in [0.29, 0.717) is 5.75 Å². The Bertz CT molecular complexity index is 386. The fraction of sp³-hybridized carbons (Fsp3) is 0.556. The van der Waals surface area contributed by atoms with E-state index < -0.39 is 5.69 Å². The van der Waals surface area contributed by atoms with E-state index in [4.69, 9.17) is 20.9 Å². The van der Waals surface area contributed by atoms with Crippen molar-refractivity contribution in [2.45, 2.75) is 19.6 Å². The summed E-state index contributed by atoms with van der Waals surface area (Å²) in [6.45, 7) is 3.90. The zero-order valence-electron chi connectivity index (χ0n) is 9.76. The highest BCUT2D eigenvalue weighted by atomic mass is 32.9. The van der Waals surface area contributed by atoms with Crippen molar-refractivity contribution >= 4 is 28.9 Å². The second kappa shape index (κ2) is 6.07. The van der Waals surface area contributed by atoms with E-state index in [1.165, 1.54) is 11.4 Å². The third kappa shape index (κ3) is 4.11. The van der Waals surface area contributed by atoms with Crippen molar-refractivity contribution in [3.8, 4) is 0 Å². The second-order valence-electron chi connectivity index (χ2n) is 3.15. The molecule has 0 saturated carbocycles. The van der Waals surface area contributed by atoms with Gasteiger partial charge in [0, 0.05) is 25.6 Å². The lowest BCUT2D eigenvalue weighted by atomic mass is 10.3. The van der Waals surface area contributed by atoms with Crippen LogP contribution < -0.4 is 0 Å². The van der Waals surface area contributed by atoms with Crippen LogP contribution in [0.2, 0.25) is 0 Å². The number of aryl methyl sites for hydroxylation is 2.